The van der Waals surface area contributed by atoms with Crippen LogP contribution in [0.25, 0.3) is 0 Å². The summed E-state index contributed by atoms with van der Waals surface area (Å²) in [7, 11) is 5.13. The zero-order chi connectivity index (χ0) is 8.27. The Hall–Kier alpha value is -1.25. The van der Waals surface area contributed by atoms with Gasteiger partial charge in [0.05, 0.1) is 7.85 Å². The van der Waals surface area contributed by atoms with Gasteiger partial charge in [0.1, 0.15) is 5.75 Å². The molecule has 2 radical (unpaired) electrons. The maximum atomic E-state index is 10.9. The highest BCUT2D eigenvalue weighted by atomic mass is 16.3. The van der Waals surface area contributed by atoms with E-state index in [2.05, 4.69) is 0 Å². The van der Waals surface area contributed by atoms with Crippen molar-refractivity contribution in [1.82, 2.24) is 0 Å². The molecule has 2 nitrogen and oxygen atoms in total. The normalized spacial score (nSPS) is 9.45. The number of aromatic hydroxyl groups is 1. The number of rotatable bonds is 2. The van der Waals surface area contributed by atoms with Crippen molar-refractivity contribution in [3.63, 3.8) is 0 Å². The summed E-state index contributed by atoms with van der Waals surface area (Å²) in [5.74, 6) is 0.0311. The van der Waals surface area contributed by atoms with Gasteiger partial charge < -0.3 is 5.11 Å². The topological polar surface area (TPSA) is 37.3 Å². The Morgan fingerprint density at radius 2 is 1.91 bits per heavy atom. The molecular weight excluding hydrogens is 139 g/mol. The molecule has 54 valence electrons. The third kappa shape index (κ3) is 1.83. The summed E-state index contributed by atoms with van der Waals surface area (Å²) in [6, 6.07) is 6.01. The molecule has 1 aromatic carbocycles. The van der Waals surface area contributed by atoms with E-state index in [4.69, 9.17) is 13.0 Å². The average Bonchev–Trinajstić information content (AvgIpc) is 2.05. The van der Waals surface area contributed by atoms with E-state index >= 15 is 0 Å². The van der Waals surface area contributed by atoms with E-state index in [-0.39, 0.29) is 17.9 Å². The molecule has 0 amide bonds. The zero-order valence-electron chi connectivity index (χ0n) is 5.95. The summed E-state index contributed by atoms with van der Waals surface area (Å²) in [5.41, 5.74) is 0.533. The van der Waals surface area contributed by atoms with Gasteiger partial charge in [0.15, 0.2) is 5.78 Å². The Kier molecular flexibility index (Phi) is 2.31. The lowest BCUT2D eigenvalue weighted by Gasteiger charge is -1.96. The number of ketones is 1. The minimum Gasteiger partial charge on any atom is -0.508 e. The number of benzene rings is 1. The fourth-order valence-electron chi connectivity index (χ4n) is 0.765. The molecule has 1 rings (SSSR count). The Morgan fingerprint density at radius 1 is 1.36 bits per heavy atom. The summed E-state index contributed by atoms with van der Waals surface area (Å²) >= 11 is 0. The fourth-order valence-corrected chi connectivity index (χ4v) is 0.765. The third-order valence-electron chi connectivity index (χ3n) is 1.37. The van der Waals surface area contributed by atoms with Gasteiger partial charge >= 0.3 is 0 Å². The van der Waals surface area contributed by atoms with Crippen LogP contribution in [0.3, 0.4) is 0 Å². The van der Waals surface area contributed by atoms with Gasteiger partial charge in [-0.25, -0.2) is 0 Å². The van der Waals surface area contributed by atoms with E-state index < -0.39 is 0 Å². The molecule has 3 heteroatoms. The highest BCUT2D eigenvalue weighted by Crippen LogP contribution is 2.10. The molecule has 0 saturated heterocycles. The van der Waals surface area contributed by atoms with Crippen LogP contribution in [0.4, 0.5) is 0 Å². The quantitative estimate of drug-likeness (QED) is 0.502. The fraction of sp³-hybridized carbons (Fsp3) is 0.125. The number of phenolic OH excluding ortho intramolecular Hbond substituents is 1. The van der Waals surface area contributed by atoms with Crippen LogP contribution in [0.15, 0.2) is 24.3 Å². The Morgan fingerprint density at radius 3 is 2.36 bits per heavy atom. The highest BCUT2D eigenvalue weighted by molar-refractivity contribution is 6.23. The molecule has 0 spiro atoms. The molecule has 1 aromatic rings. The number of phenols is 1. The molecule has 0 unspecified atom stereocenters. The second-order valence-electron chi connectivity index (χ2n) is 2.17. The van der Waals surface area contributed by atoms with Crippen molar-refractivity contribution in [2.24, 2.45) is 0 Å². The lowest BCUT2D eigenvalue weighted by atomic mass is 9.96. The van der Waals surface area contributed by atoms with Crippen molar-refractivity contribution in [3.05, 3.63) is 29.8 Å². The van der Waals surface area contributed by atoms with Crippen molar-refractivity contribution >= 4 is 13.6 Å². The van der Waals surface area contributed by atoms with Crippen molar-refractivity contribution in [2.45, 2.75) is 6.32 Å². The van der Waals surface area contributed by atoms with Gasteiger partial charge in [-0.15, -0.1) is 0 Å². The maximum Gasteiger partial charge on any atom is 0.154 e. The van der Waals surface area contributed by atoms with Crippen molar-refractivity contribution in [2.75, 3.05) is 0 Å². The van der Waals surface area contributed by atoms with Gasteiger partial charge in [0, 0.05) is 5.56 Å². The van der Waals surface area contributed by atoms with E-state index in [1.807, 2.05) is 0 Å². The van der Waals surface area contributed by atoms with Gasteiger partial charge in [-0.1, -0.05) is 0 Å². The van der Waals surface area contributed by atoms with Crippen LogP contribution in [-0.4, -0.2) is 18.7 Å². The number of hydrogen-bond acceptors (Lipinski definition) is 2. The first-order chi connectivity index (χ1) is 5.24. The van der Waals surface area contributed by atoms with Crippen LogP contribution in [0.1, 0.15) is 10.4 Å². The van der Waals surface area contributed by atoms with E-state index in [0.29, 0.717) is 5.56 Å². The summed E-state index contributed by atoms with van der Waals surface area (Å²) in [6.07, 6.45) is 0.00474. The van der Waals surface area contributed by atoms with Crippen LogP contribution >= 0.6 is 0 Å². The minimum absolute atomic E-state index is 0.00474. The number of Topliss-reactive ketones (excluding diaryl/α,β-unsaturated/α-hetero) is 1. The molecule has 11 heavy (non-hydrogen) atoms. The Labute approximate surface area is 66.3 Å². The largest absolute Gasteiger partial charge is 0.508 e. The van der Waals surface area contributed by atoms with Crippen LogP contribution in [0.2, 0.25) is 6.32 Å². The monoisotopic (exact) mass is 146 g/mol. The number of carbonyl (C=O) groups excluding carboxylic acids is 1. The number of hydrogen-bond donors (Lipinski definition) is 1. The summed E-state index contributed by atoms with van der Waals surface area (Å²) in [6.45, 7) is 0. The minimum atomic E-state index is -0.120. The lowest BCUT2D eigenvalue weighted by Crippen LogP contribution is -1.95. The van der Waals surface area contributed by atoms with Gasteiger partial charge in [0.25, 0.3) is 0 Å². The SMILES string of the molecule is [B]CC(=O)c1ccc(O)cc1. The summed E-state index contributed by atoms with van der Waals surface area (Å²) in [5, 5.41) is 8.87. The molecule has 0 saturated carbocycles. The van der Waals surface area contributed by atoms with E-state index in [1.165, 1.54) is 12.1 Å². The van der Waals surface area contributed by atoms with Gasteiger partial charge in [-0.05, 0) is 30.6 Å². The highest BCUT2D eigenvalue weighted by Gasteiger charge is 2.00. The van der Waals surface area contributed by atoms with Crippen molar-refractivity contribution in [1.29, 1.82) is 0 Å². The second kappa shape index (κ2) is 3.24. The zero-order valence-corrected chi connectivity index (χ0v) is 5.95. The molecule has 1 N–H and O–H groups in total. The molecule has 0 aliphatic rings. The van der Waals surface area contributed by atoms with Crippen LogP contribution in [0, 0.1) is 0 Å². The molecular formula is C8H7BO2. The molecule has 0 fully saturated rings. The van der Waals surface area contributed by atoms with E-state index in [0.717, 1.165) is 0 Å². The van der Waals surface area contributed by atoms with Crippen LogP contribution in [0.5, 0.6) is 5.75 Å². The molecule has 0 heterocycles. The van der Waals surface area contributed by atoms with Crippen molar-refractivity contribution < 1.29 is 9.90 Å². The summed E-state index contributed by atoms with van der Waals surface area (Å²) < 4.78 is 0. The predicted octanol–water partition coefficient (Wildman–Crippen LogP) is 1.16. The first kappa shape index (κ1) is 7.86. The molecule has 0 aliphatic heterocycles. The molecule has 0 bridgehead atoms. The second-order valence-corrected chi connectivity index (χ2v) is 2.17. The average molecular weight is 146 g/mol. The lowest BCUT2D eigenvalue weighted by molar-refractivity contribution is 0.101. The first-order valence-corrected chi connectivity index (χ1v) is 3.26. The van der Waals surface area contributed by atoms with E-state index in [1.54, 1.807) is 12.1 Å². The Balaban J connectivity index is 2.90. The van der Waals surface area contributed by atoms with Gasteiger partial charge in [-0.2, -0.15) is 0 Å². The predicted molar refractivity (Wildman–Crippen MR) is 43.0 cm³/mol. The van der Waals surface area contributed by atoms with Gasteiger partial charge in [0.2, 0.25) is 0 Å². The van der Waals surface area contributed by atoms with Gasteiger partial charge in [-0.3, -0.25) is 4.79 Å². The third-order valence-corrected chi connectivity index (χ3v) is 1.37. The Bertz CT molecular complexity index is 253. The summed E-state index contributed by atoms with van der Waals surface area (Å²) in [4.78, 5) is 10.9. The molecule has 0 atom stereocenters. The first-order valence-electron chi connectivity index (χ1n) is 3.26. The standard InChI is InChI=1S/C8H7BO2/c9-5-8(11)6-1-3-7(10)4-2-6/h1-4,10H,5H2. The van der Waals surface area contributed by atoms with E-state index in [9.17, 15) is 4.79 Å². The maximum absolute atomic E-state index is 10.9. The molecule has 0 aromatic heterocycles. The number of carbonyl (C=O) groups is 1. The van der Waals surface area contributed by atoms with Crippen LogP contribution in [-0.2, 0) is 0 Å². The van der Waals surface area contributed by atoms with Crippen LogP contribution < -0.4 is 0 Å². The van der Waals surface area contributed by atoms with Crippen molar-refractivity contribution in [3.8, 4) is 5.75 Å². The molecule has 0 aliphatic carbocycles. The smallest absolute Gasteiger partial charge is 0.154 e.